The van der Waals surface area contributed by atoms with Gasteiger partial charge in [-0.3, -0.25) is 9.69 Å². The van der Waals surface area contributed by atoms with Crippen molar-refractivity contribution in [2.75, 3.05) is 13.1 Å². The molecular formula is C17H20N2OS2. The summed E-state index contributed by atoms with van der Waals surface area (Å²) in [5.41, 5.74) is 1.21. The maximum absolute atomic E-state index is 12.6. The Morgan fingerprint density at radius 2 is 2.09 bits per heavy atom. The van der Waals surface area contributed by atoms with E-state index in [1.165, 1.54) is 36.4 Å². The summed E-state index contributed by atoms with van der Waals surface area (Å²) in [6.07, 6.45) is 2.44. The predicted molar refractivity (Wildman–Crippen MR) is 92.6 cm³/mol. The molecule has 3 nitrogen and oxygen atoms in total. The molecule has 3 saturated heterocycles. The van der Waals surface area contributed by atoms with E-state index in [-0.39, 0.29) is 5.91 Å². The molecule has 3 aliphatic heterocycles. The molecule has 0 saturated carbocycles. The molecule has 1 amide bonds. The van der Waals surface area contributed by atoms with Gasteiger partial charge < -0.3 is 5.32 Å². The summed E-state index contributed by atoms with van der Waals surface area (Å²) in [7, 11) is 0. The Morgan fingerprint density at radius 1 is 1.27 bits per heavy atom. The van der Waals surface area contributed by atoms with Crippen LogP contribution < -0.4 is 5.32 Å². The topological polar surface area (TPSA) is 32.3 Å². The first kappa shape index (κ1) is 14.4. The highest BCUT2D eigenvalue weighted by Gasteiger charge is 2.40. The maximum Gasteiger partial charge on any atom is 0.261 e. The van der Waals surface area contributed by atoms with Gasteiger partial charge in [0.25, 0.3) is 5.91 Å². The van der Waals surface area contributed by atoms with Crippen LogP contribution in [0.2, 0.25) is 0 Å². The van der Waals surface area contributed by atoms with Gasteiger partial charge >= 0.3 is 0 Å². The van der Waals surface area contributed by atoms with E-state index in [1.54, 1.807) is 22.7 Å². The molecule has 5 rings (SSSR count). The van der Waals surface area contributed by atoms with E-state index in [0.29, 0.717) is 18.0 Å². The van der Waals surface area contributed by atoms with E-state index in [0.717, 1.165) is 4.88 Å². The second-order valence-corrected chi connectivity index (χ2v) is 8.15. The number of rotatable bonds is 3. The van der Waals surface area contributed by atoms with Gasteiger partial charge in [-0.25, -0.2) is 0 Å². The van der Waals surface area contributed by atoms with Gasteiger partial charge in [0.05, 0.1) is 4.88 Å². The molecule has 2 aromatic heterocycles. The van der Waals surface area contributed by atoms with Crippen LogP contribution in [0, 0.1) is 5.92 Å². The number of hydrogen-bond donors (Lipinski definition) is 1. The molecule has 116 valence electrons. The third kappa shape index (κ3) is 2.51. The van der Waals surface area contributed by atoms with Crippen LogP contribution in [-0.2, 0) is 0 Å². The molecule has 0 aromatic carbocycles. The van der Waals surface area contributed by atoms with Crippen LogP contribution in [0.5, 0.6) is 0 Å². The van der Waals surface area contributed by atoms with Crippen molar-refractivity contribution in [3.63, 3.8) is 0 Å². The van der Waals surface area contributed by atoms with E-state index >= 15 is 0 Å². The summed E-state index contributed by atoms with van der Waals surface area (Å²) in [6, 6.07) is 6.89. The summed E-state index contributed by atoms with van der Waals surface area (Å²) in [5, 5.41) is 7.51. The van der Waals surface area contributed by atoms with Crippen LogP contribution in [0.15, 0.2) is 29.0 Å². The quantitative estimate of drug-likeness (QED) is 0.930. The summed E-state index contributed by atoms with van der Waals surface area (Å²) in [5.74, 6) is 0.748. The summed E-state index contributed by atoms with van der Waals surface area (Å²) in [4.78, 5) is 17.1. The molecule has 0 aliphatic carbocycles. The third-order valence-corrected chi connectivity index (χ3v) is 6.93. The minimum Gasteiger partial charge on any atom is -0.347 e. The van der Waals surface area contributed by atoms with Gasteiger partial charge in [-0.2, -0.15) is 11.3 Å². The number of hydrogen-bond acceptors (Lipinski definition) is 4. The normalized spacial score (nSPS) is 30.4. The summed E-state index contributed by atoms with van der Waals surface area (Å²) >= 11 is 3.28. The van der Waals surface area contributed by atoms with Crippen molar-refractivity contribution in [3.05, 3.63) is 33.8 Å². The Labute approximate surface area is 139 Å². The Balaban J connectivity index is 1.48. The van der Waals surface area contributed by atoms with Crippen LogP contribution in [0.1, 0.15) is 29.4 Å². The van der Waals surface area contributed by atoms with E-state index in [2.05, 4.69) is 40.0 Å². The second kappa shape index (κ2) is 5.80. The van der Waals surface area contributed by atoms with Crippen molar-refractivity contribution in [3.8, 4) is 10.4 Å². The highest BCUT2D eigenvalue weighted by molar-refractivity contribution is 7.17. The van der Waals surface area contributed by atoms with Gasteiger partial charge in [0.2, 0.25) is 0 Å². The van der Waals surface area contributed by atoms with Crippen molar-refractivity contribution >= 4 is 28.6 Å². The molecule has 2 aromatic rings. The zero-order chi connectivity index (χ0) is 15.1. The molecule has 0 spiro atoms. The van der Waals surface area contributed by atoms with Crippen LogP contribution in [0.25, 0.3) is 10.4 Å². The highest BCUT2D eigenvalue weighted by atomic mass is 32.1. The van der Waals surface area contributed by atoms with E-state index < -0.39 is 0 Å². The summed E-state index contributed by atoms with van der Waals surface area (Å²) in [6.45, 7) is 4.64. The highest BCUT2D eigenvalue weighted by Crippen LogP contribution is 2.33. The molecule has 5 heteroatoms. The Bertz CT molecular complexity index is 654. The van der Waals surface area contributed by atoms with Crippen molar-refractivity contribution < 1.29 is 4.79 Å². The Hall–Kier alpha value is -1.17. The van der Waals surface area contributed by atoms with Crippen LogP contribution >= 0.6 is 22.7 Å². The fraction of sp³-hybridized carbons (Fsp3) is 0.471. The number of nitrogens with one attached hydrogen (secondary N) is 1. The van der Waals surface area contributed by atoms with E-state index in [1.807, 2.05) is 6.07 Å². The largest absolute Gasteiger partial charge is 0.347 e. The first-order valence-corrected chi connectivity index (χ1v) is 9.65. The molecule has 22 heavy (non-hydrogen) atoms. The average molecular weight is 332 g/mol. The van der Waals surface area contributed by atoms with Crippen LogP contribution in [0.3, 0.4) is 0 Å². The number of amides is 1. The predicted octanol–water partition coefficient (Wildman–Crippen LogP) is 3.69. The van der Waals surface area contributed by atoms with Gasteiger partial charge in [0.1, 0.15) is 0 Å². The Kier molecular flexibility index (Phi) is 3.80. The zero-order valence-electron chi connectivity index (χ0n) is 12.6. The summed E-state index contributed by atoms with van der Waals surface area (Å²) < 4.78 is 0. The molecule has 0 unspecified atom stereocenters. The molecule has 2 bridgehead atoms. The Morgan fingerprint density at radius 3 is 2.77 bits per heavy atom. The van der Waals surface area contributed by atoms with Crippen LogP contribution in [-0.4, -0.2) is 36.0 Å². The maximum atomic E-state index is 12.6. The van der Waals surface area contributed by atoms with Gasteiger partial charge in [0, 0.05) is 22.5 Å². The van der Waals surface area contributed by atoms with Crippen molar-refractivity contribution in [1.82, 2.24) is 10.2 Å². The lowest BCUT2D eigenvalue weighted by molar-refractivity contribution is 0.0218. The first-order chi connectivity index (χ1) is 10.7. The van der Waals surface area contributed by atoms with Crippen molar-refractivity contribution in [2.24, 2.45) is 5.92 Å². The third-order valence-electron chi connectivity index (χ3n) is 5.11. The fourth-order valence-corrected chi connectivity index (χ4v) is 5.42. The zero-order valence-corrected chi connectivity index (χ0v) is 14.3. The van der Waals surface area contributed by atoms with Crippen molar-refractivity contribution in [1.29, 1.82) is 0 Å². The lowest BCUT2D eigenvalue weighted by Crippen LogP contribution is -2.62. The van der Waals surface area contributed by atoms with Gasteiger partial charge in [-0.1, -0.05) is 0 Å². The van der Waals surface area contributed by atoms with Crippen molar-refractivity contribution in [2.45, 2.75) is 31.8 Å². The number of fused-ring (bicyclic) bond motifs is 3. The number of nitrogens with zero attached hydrogens (tertiary/aromatic N) is 1. The van der Waals surface area contributed by atoms with Gasteiger partial charge in [0.15, 0.2) is 0 Å². The number of carbonyl (C=O) groups excluding carboxylic acids is 1. The average Bonchev–Trinajstić information content (AvgIpc) is 3.21. The second-order valence-electron chi connectivity index (χ2n) is 6.29. The monoisotopic (exact) mass is 332 g/mol. The van der Waals surface area contributed by atoms with Gasteiger partial charge in [-0.15, -0.1) is 11.3 Å². The molecule has 3 aliphatic rings. The lowest BCUT2D eigenvalue weighted by Gasteiger charge is -2.49. The standard InChI is InChI=1S/C17H20N2OS2/c1-11-16(12-4-7-19(11)8-5-12)18-17(20)15-3-2-14(22-15)13-6-9-21-10-13/h2-3,6,9-12,16H,4-5,7-8H2,1H3,(H,18,20)/t11-,16+/m1/s1. The van der Waals surface area contributed by atoms with Crippen LogP contribution in [0.4, 0.5) is 0 Å². The van der Waals surface area contributed by atoms with E-state index in [4.69, 9.17) is 0 Å². The molecular weight excluding hydrogens is 312 g/mol. The fourth-order valence-electron chi connectivity index (χ4n) is 3.79. The molecule has 3 fully saturated rings. The number of piperidine rings is 3. The van der Waals surface area contributed by atoms with Gasteiger partial charge in [-0.05, 0) is 67.7 Å². The SMILES string of the molecule is C[C@@H]1[C@H](NC(=O)c2ccc(-c3ccsc3)s2)C2CCN1CC2. The minimum absolute atomic E-state index is 0.0945. The smallest absolute Gasteiger partial charge is 0.261 e. The number of carbonyl (C=O) groups is 1. The molecule has 2 atom stereocenters. The van der Waals surface area contributed by atoms with E-state index in [9.17, 15) is 4.79 Å². The molecule has 5 heterocycles. The number of thiophene rings is 2. The minimum atomic E-state index is 0.0945. The first-order valence-electron chi connectivity index (χ1n) is 7.89. The molecule has 0 radical (unpaired) electrons. The lowest BCUT2D eigenvalue weighted by atomic mass is 9.79. The molecule has 1 N–H and O–H groups in total.